The number of thioether (sulfide) groups is 1. The predicted octanol–water partition coefficient (Wildman–Crippen LogP) is 0.105. The number of carbonyl (C=O) groups is 2. The Kier molecular flexibility index (Phi) is 3.87. The second-order valence-corrected chi connectivity index (χ2v) is 6.72. The molecular formula is C12H21N3O2S. The maximum Gasteiger partial charge on any atom is 0.242 e. The molecule has 2 fully saturated rings. The average Bonchev–Trinajstić information content (AvgIpc) is 2.68. The SMILES string of the molecule is CC1(C)CN(C(=O)CN2CSCC2=O)CCC1N. The van der Waals surface area contributed by atoms with Crippen LogP contribution in [-0.4, -0.2) is 58.9 Å². The molecule has 1 unspecified atom stereocenters. The molecule has 18 heavy (non-hydrogen) atoms. The van der Waals surface area contributed by atoms with Crippen LogP contribution in [0.15, 0.2) is 0 Å². The molecule has 5 nitrogen and oxygen atoms in total. The Morgan fingerprint density at radius 2 is 2.28 bits per heavy atom. The summed E-state index contributed by atoms with van der Waals surface area (Å²) < 4.78 is 0. The first-order valence-electron chi connectivity index (χ1n) is 6.29. The number of nitrogens with zero attached hydrogens (tertiary/aromatic N) is 2. The second kappa shape index (κ2) is 5.09. The van der Waals surface area contributed by atoms with Crippen molar-refractivity contribution in [3.8, 4) is 0 Å². The lowest BCUT2D eigenvalue weighted by atomic mass is 9.79. The Balaban J connectivity index is 1.91. The van der Waals surface area contributed by atoms with Crippen LogP contribution in [0.1, 0.15) is 20.3 Å². The van der Waals surface area contributed by atoms with Crippen molar-refractivity contribution in [3.05, 3.63) is 0 Å². The normalized spacial score (nSPS) is 27.7. The quantitative estimate of drug-likeness (QED) is 0.774. The summed E-state index contributed by atoms with van der Waals surface area (Å²) in [7, 11) is 0. The fourth-order valence-electron chi connectivity index (χ4n) is 2.39. The number of amides is 2. The first-order valence-corrected chi connectivity index (χ1v) is 7.44. The van der Waals surface area contributed by atoms with Crippen molar-refractivity contribution < 1.29 is 9.59 Å². The number of nitrogens with two attached hydrogens (primary N) is 1. The molecule has 0 aromatic rings. The van der Waals surface area contributed by atoms with Gasteiger partial charge in [0.2, 0.25) is 11.8 Å². The number of hydrogen-bond donors (Lipinski definition) is 1. The fraction of sp³-hybridized carbons (Fsp3) is 0.833. The number of piperidine rings is 1. The van der Waals surface area contributed by atoms with Crippen LogP contribution in [0.3, 0.4) is 0 Å². The predicted molar refractivity (Wildman–Crippen MR) is 72.0 cm³/mol. The van der Waals surface area contributed by atoms with E-state index in [1.807, 2.05) is 4.90 Å². The third-order valence-corrected chi connectivity index (χ3v) is 4.76. The molecule has 2 amide bonds. The Hall–Kier alpha value is -0.750. The van der Waals surface area contributed by atoms with Crippen molar-refractivity contribution in [2.24, 2.45) is 11.1 Å². The van der Waals surface area contributed by atoms with Crippen LogP contribution >= 0.6 is 11.8 Å². The molecule has 0 spiro atoms. The maximum absolute atomic E-state index is 12.2. The number of rotatable bonds is 2. The van der Waals surface area contributed by atoms with E-state index in [0.717, 1.165) is 6.42 Å². The van der Waals surface area contributed by atoms with Gasteiger partial charge in [-0.1, -0.05) is 13.8 Å². The van der Waals surface area contributed by atoms with Gasteiger partial charge in [-0.25, -0.2) is 0 Å². The zero-order valence-corrected chi connectivity index (χ0v) is 11.8. The van der Waals surface area contributed by atoms with Crippen molar-refractivity contribution >= 4 is 23.6 Å². The van der Waals surface area contributed by atoms with Gasteiger partial charge in [0, 0.05) is 19.1 Å². The molecule has 0 radical (unpaired) electrons. The molecule has 2 aliphatic rings. The minimum atomic E-state index is -0.0440. The van der Waals surface area contributed by atoms with Gasteiger partial charge in [0.1, 0.15) is 6.54 Å². The van der Waals surface area contributed by atoms with Crippen molar-refractivity contribution in [1.29, 1.82) is 0 Å². The molecule has 2 rings (SSSR count). The molecule has 6 heteroatoms. The monoisotopic (exact) mass is 271 g/mol. The number of carbonyl (C=O) groups excluding carboxylic acids is 2. The summed E-state index contributed by atoms with van der Waals surface area (Å²) in [4.78, 5) is 27.1. The van der Waals surface area contributed by atoms with Gasteiger partial charge < -0.3 is 15.5 Å². The minimum Gasteiger partial charge on any atom is -0.341 e. The van der Waals surface area contributed by atoms with Crippen LogP contribution in [0.5, 0.6) is 0 Å². The van der Waals surface area contributed by atoms with Crippen LogP contribution < -0.4 is 5.73 Å². The molecule has 0 aromatic carbocycles. The largest absolute Gasteiger partial charge is 0.341 e. The molecule has 2 aliphatic heterocycles. The summed E-state index contributed by atoms with van der Waals surface area (Å²) in [6.45, 7) is 5.79. The molecule has 1 atom stereocenters. The standard InChI is InChI=1S/C12H21N3O2S/c1-12(2)7-14(4-3-9(12)13)10(16)5-15-8-18-6-11(15)17/h9H,3-8,13H2,1-2H3. The molecule has 2 heterocycles. The van der Waals surface area contributed by atoms with E-state index >= 15 is 0 Å². The van der Waals surface area contributed by atoms with E-state index in [-0.39, 0.29) is 29.8 Å². The van der Waals surface area contributed by atoms with Crippen molar-refractivity contribution in [2.45, 2.75) is 26.3 Å². The number of likely N-dealkylation sites (tertiary alicyclic amines) is 1. The summed E-state index contributed by atoms with van der Waals surface area (Å²) in [5.74, 6) is 1.26. The third-order valence-electron chi connectivity index (χ3n) is 3.82. The van der Waals surface area contributed by atoms with Crippen LogP contribution in [-0.2, 0) is 9.59 Å². The smallest absolute Gasteiger partial charge is 0.242 e. The fourth-order valence-corrected chi connectivity index (χ4v) is 3.29. The van der Waals surface area contributed by atoms with E-state index in [0.29, 0.717) is 24.7 Å². The van der Waals surface area contributed by atoms with E-state index < -0.39 is 0 Å². The first kappa shape index (κ1) is 13.7. The lowest BCUT2D eigenvalue weighted by Crippen LogP contribution is -2.55. The molecule has 2 saturated heterocycles. The molecule has 0 aromatic heterocycles. The Bertz CT molecular complexity index is 359. The highest BCUT2D eigenvalue weighted by Gasteiger charge is 2.36. The molecule has 2 N–H and O–H groups in total. The highest BCUT2D eigenvalue weighted by atomic mass is 32.2. The van der Waals surface area contributed by atoms with Gasteiger partial charge in [-0.05, 0) is 11.8 Å². The maximum atomic E-state index is 12.2. The van der Waals surface area contributed by atoms with Gasteiger partial charge in [-0.3, -0.25) is 9.59 Å². The van der Waals surface area contributed by atoms with Crippen molar-refractivity contribution in [2.75, 3.05) is 31.3 Å². The average molecular weight is 271 g/mol. The molecule has 0 bridgehead atoms. The van der Waals surface area contributed by atoms with Crippen LogP contribution in [0.25, 0.3) is 0 Å². The Morgan fingerprint density at radius 1 is 1.56 bits per heavy atom. The Labute approximate surface area is 112 Å². The number of hydrogen-bond acceptors (Lipinski definition) is 4. The molecule has 0 aliphatic carbocycles. The lowest BCUT2D eigenvalue weighted by Gasteiger charge is -2.42. The summed E-state index contributed by atoms with van der Waals surface area (Å²) in [5.41, 5.74) is 6.01. The van der Waals surface area contributed by atoms with E-state index in [1.54, 1.807) is 16.7 Å². The zero-order valence-electron chi connectivity index (χ0n) is 11.0. The van der Waals surface area contributed by atoms with Gasteiger partial charge >= 0.3 is 0 Å². The highest BCUT2D eigenvalue weighted by molar-refractivity contribution is 8.00. The first-order chi connectivity index (χ1) is 8.40. The third kappa shape index (κ3) is 2.80. The van der Waals surface area contributed by atoms with Crippen LogP contribution in [0, 0.1) is 5.41 Å². The summed E-state index contributed by atoms with van der Waals surface area (Å²) in [6, 6.07) is 0.144. The molecule has 102 valence electrons. The van der Waals surface area contributed by atoms with E-state index in [2.05, 4.69) is 13.8 Å². The highest BCUT2D eigenvalue weighted by Crippen LogP contribution is 2.28. The summed E-state index contributed by atoms with van der Waals surface area (Å²) in [5, 5.41) is 0. The van der Waals surface area contributed by atoms with E-state index in [4.69, 9.17) is 5.73 Å². The van der Waals surface area contributed by atoms with Gasteiger partial charge in [0.05, 0.1) is 11.6 Å². The van der Waals surface area contributed by atoms with Gasteiger partial charge in [0.25, 0.3) is 0 Å². The van der Waals surface area contributed by atoms with Crippen LogP contribution in [0.2, 0.25) is 0 Å². The van der Waals surface area contributed by atoms with Crippen LogP contribution in [0.4, 0.5) is 0 Å². The summed E-state index contributed by atoms with van der Waals surface area (Å²) >= 11 is 1.56. The lowest BCUT2D eigenvalue weighted by molar-refractivity contribution is -0.140. The van der Waals surface area contributed by atoms with E-state index in [9.17, 15) is 9.59 Å². The second-order valence-electron chi connectivity index (χ2n) is 5.77. The van der Waals surface area contributed by atoms with E-state index in [1.165, 1.54) is 0 Å². The summed E-state index contributed by atoms with van der Waals surface area (Å²) in [6.07, 6.45) is 0.835. The molecular weight excluding hydrogens is 250 g/mol. The Morgan fingerprint density at radius 3 is 2.83 bits per heavy atom. The van der Waals surface area contributed by atoms with Crippen molar-refractivity contribution in [1.82, 2.24) is 9.80 Å². The molecule has 0 saturated carbocycles. The topological polar surface area (TPSA) is 66.6 Å². The van der Waals surface area contributed by atoms with Gasteiger partial charge in [0.15, 0.2) is 0 Å². The van der Waals surface area contributed by atoms with Gasteiger partial charge in [-0.2, -0.15) is 0 Å². The zero-order chi connectivity index (χ0) is 13.3. The van der Waals surface area contributed by atoms with Crippen molar-refractivity contribution in [3.63, 3.8) is 0 Å². The minimum absolute atomic E-state index is 0.0440. The van der Waals surface area contributed by atoms with Gasteiger partial charge in [-0.15, -0.1) is 11.8 Å².